The number of carbonyl (C=O) groups excluding carboxylic acids is 1. The number of amides is 1. The molecule has 0 aliphatic carbocycles. The summed E-state index contributed by atoms with van der Waals surface area (Å²) in [6, 6.07) is 10.0. The smallest absolute Gasteiger partial charge is 0.252 e. The standard InChI is InChI=1S/C15H17NOS/c1-10-12(3)18-9-14(10)15(17)16-11(2)13-7-5-4-6-8-13/h4-9,11H,1-3H3,(H,16,17). The van der Waals surface area contributed by atoms with Crippen LogP contribution in [0.5, 0.6) is 0 Å². The van der Waals surface area contributed by atoms with Gasteiger partial charge in [-0.05, 0) is 31.9 Å². The molecule has 1 aromatic heterocycles. The lowest BCUT2D eigenvalue weighted by Crippen LogP contribution is -2.26. The van der Waals surface area contributed by atoms with Crippen LogP contribution >= 0.6 is 11.3 Å². The third-order valence-corrected chi connectivity index (χ3v) is 4.19. The fraction of sp³-hybridized carbons (Fsp3) is 0.267. The molecule has 1 unspecified atom stereocenters. The first-order chi connectivity index (χ1) is 8.59. The first-order valence-corrected chi connectivity index (χ1v) is 6.88. The lowest BCUT2D eigenvalue weighted by atomic mass is 10.1. The predicted octanol–water partition coefficient (Wildman–Crippen LogP) is 3.86. The van der Waals surface area contributed by atoms with Crippen molar-refractivity contribution in [3.05, 3.63) is 57.3 Å². The molecule has 0 fully saturated rings. The van der Waals surface area contributed by atoms with Crippen LogP contribution in [0.25, 0.3) is 0 Å². The van der Waals surface area contributed by atoms with Gasteiger partial charge in [0.25, 0.3) is 5.91 Å². The van der Waals surface area contributed by atoms with Gasteiger partial charge >= 0.3 is 0 Å². The average molecular weight is 259 g/mol. The molecule has 0 saturated carbocycles. The molecular formula is C15H17NOS. The molecular weight excluding hydrogens is 242 g/mol. The van der Waals surface area contributed by atoms with Crippen LogP contribution in [0.1, 0.15) is 39.3 Å². The van der Waals surface area contributed by atoms with E-state index in [0.717, 1.165) is 16.7 Å². The zero-order chi connectivity index (χ0) is 13.1. The van der Waals surface area contributed by atoms with Gasteiger partial charge in [-0.1, -0.05) is 30.3 Å². The molecule has 1 amide bonds. The molecule has 1 atom stereocenters. The maximum Gasteiger partial charge on any atom is 0.252 e. The van der Waals surface area contributed by atoms with E-state index < -0.39 is 0 Å². The van der Waals surface area contributed by atoms with Crippen LogP contribution in [0.4, 0.5) is 0 Å². The van der Waals surface area contributed by atoms with Crippen LogP contribution < -0.4 is 5.32 Å². The van der Waals surface area contributed by atoms with E-state index in [-0.39, 0.29) is 11.9 Å². The molecule has 2 aromatic rings. The first kappa shape index (κ1) is 12.8. The van der Waals surface area contributed by atoms with Gasteiger partial charge in [0.1, 0.15) is 0 Å². The normalized spacial score (nSPS) is 12.2. The summed E-state index contributed by atoms with van der Waals surface area (Å²) in [5.74, 6) is 0.00760. The van der Waals surface area contributed by atoms with Gasteiger partial charge in [0.15, 0.2) is 0 Å². The third-order valence-electron chi connectivity index (χ3n) is 3.18. The molecule has 0 aliphatic rings. The van der Waals surface area contributed by atoms with Crippen molar-refractivity contribution in [2.24, 2.45) is 0 Å². The maximum atomic E-state index is 12.2. The Kier molecular flexibility index (Phi) is 3.82. The van der Waals surface area contributed by atoms with E-state index in [4.69, 9.17) is 0 Å². The summed E-state index contributed by atoms with van der Waals surface area (Å²) in [5.41, 5.74) is 2.99. The summed E-state index contributed by atoms with van der Waals surface area (Å²) in [7, 11) is 0. The Labute approximate surface area is 112 Å². The highest BCUT2D eigenvalue weighted by atomic mass is 32.1. The van der Waals surface area contributed by atoms with Gasteiger partial charge in [-0.25, -0.2) is 0 Å². The van der Waals surface area contributed by atoms with Crippen molar-refractivity contribution >= 4 is 17.2 Å². The molecule has 0 saturated heterocycles. The Bertz CT molecular complexity index is 545. The molecule has 1 aromatic carbocycles. The highest BCUT2D eigenvalue weighted by Gasteiger charge is 2.15. The minimum atomic E-state index is 0.00760. The van der Waals surface area contributed by atoms with Gasteiger partial charge in [-0.2, -0.15) is 0 Å². The highest BCUT2D eigenvalue weighted by Crippen LogP contribution is 2.21. The summed E-state index contributed by atoms with van der Waals surface area (Å²) in [5, 5.41) is 4.96. The molecule has 0 spiro atoms. The number of hydrogen-bond donors (Lipinski definition) is 1. The molecule has 3 heteroatoms. The van der Waals surface area contributed by atoms with Gasteiger partial charge in [0, 0.05) is 10.3 Å². The Morgan fingerprint density at radius 3 is 2.44 bits per heavy atom. The van der Waals surface area contributed by atoms with Crippen molar-refractivity contribution in [2.75, 3.05) is 0 Å². The fourth-order valence-corrected chi connectivity index (χ4v) is 2.70. The van der Waals surface area contributed by atoms with Crippen molar-refractivity contribution in [1.82, 2.24) is 5.32 Å². The van der Waals surface area contributed by atoms with Crippen molar-refractivity contribution in [3.63, 3.8) is 0 Å². The Morgan fingerprint density at radius 1 is 1.22 bits per heavy atom. The topological polar surface area (TPSA) is 29.1 Å². The lowest BCUT2D eigenvalue weighted by molar-refractivity contribution is 0.0939. The van der Waals surface area contributed by atoms with Gasteiger partial charge < -0.3 is 5.32 Å². The second kappa shape index (κ2) is 5.36. The summed E-state index contributed by atoms with van der Waals surface area (Å²) in [6.07, 6.45) is 0. The predicted molar refractivity (Wildman–Crippen MR) is 76.1 cm³/mol. The zero-order valence-electron chi connectivity index (χ0n) is 10.9. The molecule has 1 heterocycles. The van der Waals surface area contributed by atoms with Crippen LogP contribution in [-0.2, 0) is 0 Å². The van der Waals surface area contributed by atoms with E-state index >= 15 is 0 Å². The van der Waals surface area contributed by atoms with E-state index in [0.29, 0.717) is 0 Å². The Morgan fingerprint density at radius 2 is 1.89 bits per heavy atom. The van der Waals surface area contributed by atoms with E-state index in [9.17, 15) is 4.79 Å². The van der Waals surface area contributed by atoms with E-state index in [2.05, 4.69) is 5.32 Å². The summed E-state index contributed by atoms with van der Waals surface area (Å²) in [4.78, 5) is 13.4. The third kappa shape index (κ3) is 2.62. The largest absolute Gasteiger partial charge is 0.345 e. The molecule has 94 valence electrons. The minimum Gasteiger partial charge on any atom is -0.345 e. The zero-order valence-corrected chi connectivity index (χ0v) is 11.7. The number of rotatable bonds is 3. The van der Waals surface area contributed by atoms with Gasteiger partial charge in [0.2, 0.25) is 0 Å². The molecule has 1 N–H and O–H groups in total. The Balaban J connectivity index is 2.11. The van der Waals surface area contributed by atoms with Crippen LogP contribution in [0, 0.1) is 13.8 Å². The molecule has 2 rings (SSSR count). The maximum absolute atomic E-state index is 12.2. The number of aryl methyl sites for hydroxylation is 1. The van der Waals surface area contributed by atoms with Crippen molar-refractivity contribution in [2.45, 2.75) is 26.8 Å². The summed E-state index contributed by atoms with van der Waals surface area (Å²) < 4.78 is 0. The number of nitrogens with one attached hydrogen (secondary N) is 1. The van der Waals surface area contributed by atoms with Gasteiger partial charge in [-0.15, -0.1) is 11.3 Å². The van der Waals surface area contributed by atoms with Crippen molar-refractivity contribution in [3.8, 4) is 0 Å². The number of benzene rings is 1. The number of thiophene rings is 1. The van der Waals surface area contributed by atoms with E-state index in [1.807, 2.05) is 56.5 Å². The molecule has 0 bridgehead atoms. The fourth-order valence-electron chi connectivity index (χ4n) is 1.84. The lowest BCUT2D eigenvalue weighted by Gasteiger charge is -2.14. The minimum absolute atomic E-state index is 0.00760. The second-order valence-corrected chi connectivity index (χ2v) is 5.52. The summed E-state index contributed by atoms with van der Waals surface area (Å²) >= 11 is 1.62. The molecule has 0 radical (unpaired) electrons. The quantitative estimate of drug-likeness (QED) is 0.891. The van der Waals surface area contributed by atoms with Gasteiger partial charge in [-0.3, -0.25) is 4.79 Å². The highest BCUT2D eigenvalue weighted by molar-refractivity contribution is 7.10. The Hall–Kier alpha value is -1.61. The van der Waals surface area contributed by atoms with Crippen LogP contribution in [0.15, 0.2) is 35.7 Å². The van der Waals surface area contributed by atoms with Crippen molar-refractivity contribution in [1.29, 1.82) is 0 Å². The number of hydrogen-bond acceptors (Lipinski definition) is 2. The van der Waals surface area contributed by atoms with Crippen LogP contribution in [-0.4, -0.2) is 5.91 Å². The van der Waals surface area contributed by atoms with E-state index in [1.54, 1.807) is 11.3 Å². The number of carbonyl (C=O) groups is 1. The van der Waals surface area contributed by atoms with Gasteiger partial charge in [0.05, 0.1) is 11.6 Å². The molecule has 2 nitrogen and oxygen atoms in total. The van der Waals surface area contributed by atoms with Crippen molar-refractivity contribution < 1.29 is 4.79 Å². The summed E-state index contributed by atoms with van der Waals surface area (Å²) in [6.45, 7) is 6.03. The monoisotopic (exact) mass is 259 g/mol. The first-order valence-electron chi connectivity index (χ1n) is 6.00. The second-order valence-electron chi connectivity index (χ2n) is 4.44. The van der Waals surface area contributed by atoms with Crippen LogP contribution in [0.2, 0.25) is 0 Å². The molecule has 0 aliphatic heterocycles. The average Bonchev–Trinajstić information content (AvgIpc) is 2.71. The van der Waals surface area contributed by atoms with E-state index in [1.165, 1.54) is 4.88 Å². The molecule has 18 heavy (non-hydrogen) atoms. The SMILES string of the molecule is Cc1scc(C(=O)NC(C)c2ccccc2)c1C. The van der Waals surface area contributed by atoms with Crippen LogP contribution in [0.3, 0.4) is 0 Å².